The van der Waals surface area contributed by atoms with Gasteiger partial charge in [0.15, 0.2) is 0 Å². The van der Waals surface area contributed by atoms with Gasteiger partial charge in [0.2, 0.25) is 0 Å². The molecule has 19 heavy (non-hydrogen) atoms. The molecule has 1 aromatic heterocycles. The third kappa shape index (κ3) is 3.02. The van der Waals surface area contributed by atoms with Gasteiger partial charge in [0.25, 0.3) is 0 Å². The Morgan fingerprint density at radius 3 is 2.21 bits per heavy atom. The molecule has 1 nitrogen and oxygen atoms in total. The monoisotopic (exact) mass is 299 g/mol. The van der Waals surface area contributed by atoms with Crippen LogP contribution in [0.4, 0.5) is 19.4 Å². The zero-order valence-electron chi connectivity index (χ0n) is 10.4. The second kappa shape index (κ2) is 3.45. The number of hydrogen-bond donors (Lipinski definition) is 0. The van der Waals surface area contributed by atoms with Crippen molar-refractivity contribution >= 4 is 21.1 Å². The van der Waals surface area contributed by atoms with Gasteiger partial charge >= 0.3 is 10.2 Å². The maximum atomic E-state index is 12.7. The lowest BCUT2D eigenvalue weighted by molar-refractivity contribution is 0.364. The molecule has 0 fully saturated rings. The van der Waals surface area contributed by atoms with Gasteiger partial charge in [-0.2, -0.15) is 0 Å². The fraction of sp³-hybridized carbons (Fsp3) is 0.333. The molecule has 0 spiro atoms. The van der Waals surface area contributed by atoms with Crippen molar-refractivity contribution in [1.29, 1.82) is 0 Å². The Balaban J connectivity index is 2.57. The summed E-state index contributed by atoms with van der Waals surface area (Å²) in [5.41, 5.74) is 0.527. The van der Waals surface area contributed by atoms with Gasteiger partial charge in [-0.25, -0.2) is 0 Å². The maximum Gasteiger partial charge on any atom is 0.310 e. The Bertz CT molecular complexity index is 626. The first-order valence-corrected chi connectivity index (χ1v) is 7.65. The Hall–Kier alpha value is -1.24. The minimum atomic E-state index is -9.59. The number of fused-ring (bicyclic) bond motifs is 1. The number of benzene rings is 1. The van der Waals surface area contributed by atoms with Crippen LogP contribution in [-0.4, -0.2) is 4.57 Å². The predicted molar refractivity (Wildman–Crippen MR) is 68.2 cm³/mol. The Labute approximate surface area is 107 Å². The highest BCUT2D eigenvalue weighted by Crippen LogP contribution is 3.02. The highest BCUT2D eigenvalue weighted by Gasteiger charge is 2.65. The summed E-state index contributed by atoms with van der Waals surface area (Å²) in [5, 5.41) is 0.173. The molecule has 0 unspecified atom stereocenters. The van der Waals surface area contributed by atoms with Crippen LogP contribution in [0.25, 0.3) is 10.9 Å². The lowest BCUT2D eigenvalue weighted by atomic mass is 10.2. The molecule has 0 atom stereocenters. The van der Waals surface area contributed by atoms with E-state index in [2.05, 4.69) is 0 Å². The largest absolute Gasteiger partial charge is 0.347 e. The van der Waals surface area contributed by atoms with Crippen molar-refractivity contribution in [2.45, 2.75) is 25.3 Å². The van der Waals surface area contributed by atoms with E-state index in [0.717, 1.165) is 6.07 Å². The summed E-state index contributed by atoms with van der Waals surface area (Å²) in [5.74, 6) is 0.311. The molecule has 0 saturated carbocycles. The molecule has 0 bridgehead atoms. The van der Waals surface area contributed by atoms with E-state index in [1.165, 1.54) is 6.07 Å². The minimum absolute atomic E-state index is 0.173. The second-order valence-electron chi connectivity index (χ2n) is 5.05. The van der Waals surface area contributed by atoms with Crippen molar-refractivity contribution in [1.82, 2.24) is 4.57 Å². The summed E-state index contributed by atoms with van der Waals surface area (Å²) in [4.78, 5) is -1.84. The van der Waals surface area contributed by atoms with Gasteiger partial charge in [0, 0.05) is 23.6 Å². The topological polar surface area (TPSA) is 4.93 Å². The van der Waals surface area contributed by atoms with Crippen molar-refractivity contribution in [2.75, 3.05) is 0 Å². The highest BCUT2D eigenvalue weighted by atomic mass is 32.5. The first-order chi connectivity index (χ1) is 8.36. The summed E-state index contributed by atoms with van der Waals surface area (Å²) in [6, 6.07) is 3.50. The summed E-state index contributed by atoms with van der Waals surface area (Å²) in [6.45, 7) is 4.56. The number of halogens is 5. The van der Waals surface area contributed by atoms with Crippen LogP contribution in [0.15, 0.2) is 35.4 Å². The molecule has 1 heterocycles. The van der Waals surface area contributed by atoms with Gasteiger partial charge in [-0.05, 0) is 30.2 Å². The molecular weight excluding hydrogens is 285 g/mol. The fourth-order valence-corrected chi connectivity index (χ4v) is 2.65. The van der Waals surface area contributed by atoms with Crippen LogP contribution in [0, 0.1) is 5.92 Å². The Kier molecular flexibility index (Phi) is 2.57. The van der Waals surface area contributed by atoms with Gasteiger partial charge in [0.05, 0.1) is 0 Å². The van der Waals surface area contributed by atoms with Crippen LogP contribution in [-0.2, 0) is 6.54 Å². The highest BCUT2D eigenvalue weighted by molar-refractivity contribution is 8.45. The Morgan fingerprint density at radius 1 is 1.05 bits per heavy atom. The van der Waals surface area contributed by atoms with Crippen molar-refractivity contribution in [2.24, 2.45) is 5.92 Å². The fourth-order valence-electron chi connectivity index (χ4n) is 1.97. The predicted octanol–water partition coefficient (Wildman–Crippen LogP) is 5.95. The lowest BCUT2D eigenvalue weighted by Crippen LogP contribution is -2.06. The molecule has 0 N–H and O–H groups in total. The summed E-state index contributed by atoms with van der Waals surface area (Å²) < 4.78 is 65.2. The van der Waals surface area contributed by atoms with E-state index >= 15 is 0 Å². The van der Waals surface area contributed by atoms with E-state index in [4.69, 9.17) is 0 Å². The average molecular weight is 299 g/mol. The van der Waals surface area contributed by atoms with Gasteiger partial charge in [-0.15, -0.1) is 0 Å². The first kappa shape index (κ1) is 14.2. The van der Waals surface area contributed by atoms with E-state index in [1.54, 1.807) is 10.8 Å². The molecule has 7 heteroatoms. The molecule has 108 valence electrons. The van der Waals surface area contributed by atoms with E-state index in [-0.39, 0.29) is 5.39 Å². The third-order valence-corrected chi connectivity index (χ3v) is 3.89. The molecule has 0 radical (unpaired) electrons. The zero-order chi connectivity index (χ0) is 14.5. The van der Waals surface area contributed by atoms with Crippen LogP contribution in [0.1, 0.15) is 13.8 Å². The maximum absolute atomic E-state index is 12.7. The van der Waals surface area contributed by atoms with Crippen LogP contribution in [0.3, 0.4) is 0 Å². The average Bonchev–Trinajstić information content (AvgIpc) is 2.57. The third-order valence-electron chi connectivity index (χ3n) is 2.75. The van der Waals surface area contributed by atoms with E-state index in [9.17, 15) is 19.4 Å². The minimum Gasteiger partial charge on any atom is -0.347 e. The van der Waals surface area contributed by atoms with Gasteiger partial charge < -0.3 is 4.57 Å². The zero-order valence-corrected chi connectivity index (χ0v) is 11.2. The van der Waals surface area contributed by atoms with Crippen molar-refractivity contribution in [3.8, 4) is 0 Å². The van der Waals surface area contributed by atoms with Crippen LogP contribution in [0.2, 0.25) is 0 Å². The number of aromatic nitrogens is 1. The van der Waals surface area contributed by atoms with E-state index < -0.39 is 15.1 Å². The molecule has 0 saturated heterocycles. The van der Waals surface area contributed by atoms with Crippen molar-refractivity contribution in [3.63, 3.8) is 0 Å². The number of nitrogens with zero attached hydrogens (tertiary/aromatic N) is 1. The molecule has 2 rings (SSSR count). The molecule has 2 aromatic rings. The van der Waals surface area contributed by atoms with Crippen molar-refractivity contribution in [3.05, 3.63) is 30.5 Å². The van der Waals surface area contributed by atoms with Crippen molar-refractivity contribution < 1.29 is 19.4 Å². The van der Waals surface area contributed by atoms with Crippen LogP contribution in [0.5, 0.6) is 0 Å². The molecule has 0 amide bonds. The van der Waals surface area contributed by atoms with Gasteiger partial charge in [-0.1, -0.05) is 33.3 Å². The first-order valence-electron chi connectivity index (χ1n) is 5.70. The summed E-state index contributed by atoms with van der Waals surface area (Å²) in [6.07, 6.45) is 1.61. The second-order valence-corrected chi connectivity index (χ2v) is 7.46. The summed E-state index contributed by atoms with van der Waals surface area (Å²) in [7, 11) is -9.59. The molecule has 0 aliphatic rings. The molecule has 0 aliphatic heterocycles. The van der Waals surface area contributed by atoms with Crippen LogP contribution >= 0.6 is 10.2 Å². The van der Waals surface area contributed by atoms with Gasteiger partial charge in [-0.3, -0.25) is 0 Å². The number of hydrogen-bond acceptors (Lipinski definition) is 0. The smallest absolute Gasteiger partial charge is 0.310 e. The molecule has 1 aromatic carbocycles. The van der Waals surface area contributed by atoms with E-state index in [0.29, 0.717) is 30.1 Å². The quantitative estimate of drug-likeness (QED) is 0.617. The molecule has 0 aliphatic carbocycles. The van der Waals surface area contributed by atoms with E-state index in [1.807, 2.05) is 13.8 Å². The standard InChI is InChI=1S/C12H14F5NS/c1-9(2)8-18-6-5-10-7-11(3-4-12(10)18)19(13,14,15,16)17/h3-7,9H,8H2,1-2H3. The number of rotatable bonds is 3. The van der Waals surface area contributed by atoms with Gasteiger partial charge in [0.1, 0.15) is 4.90 Å². The summed E-state index contributed by atoms with van der Waals surface area (Å²) >= 11 is 0. The van der Waals surface area contributed by atoms with Crippen LogP contribution < -0.4 is 0 Å². The molecular formula is C12H14F5NS. The lowest BCUT2D eigenvalue weighted by Gasteiger charge is -2.40. The normalized spacial score (nSPS) is 16.6. The Morgan fingerprint density at radius 2 is 1.68 bits per heavy atom. The SMILES string of the molecule is CC(C)Cn1ccc2cc(S(F)(F)(F)(F)F)ccc21.